The zero-order valence-electron chi connectivity index (χ0n) is 14.1. The third-order valence-corrected chi connectivity index (χ3v) is 4.35. The van der Waals surface area contributed by atoms with Gasteiger partial charge in [0.1, 0.15) is 30.5 Å². The van der Waals surface area contributed by atoms with E-state index in [1.54, 1.807) is 38.5 Å². The van der Waals surface area contributed by atoms with Crippen LogP contribution in [-0.4, -0.2) is 26.8 Å². The summed E-state index contributed by atoms with van der Waals surface area (Å²) in [6, 6.07) is 10.8. The van der Waals surface area contributed by atoms with Crippen molar-refractivity contribution in [1.29, 1.82) is 0 Å². The van der Waals surface area contributed by atoms with Crippen molar-refractivity contribution in [2.45, 2.75) is 13.0 Å². The Morgan fingerprint density at radius 3 is 2.80 bits per heavy atom. The molecule has 0 bridgehead atoms. The van der Waals surface area contributed by atoms with Crippen molar-refractivity contribution in [1.82, 2.24) is 0 Å². The minimum absolute atomic E-state index is 0.109. The van der Waals surface area contributed by atoms with Crippen molar-refractivity contribution in [3.63, 3.8) is 0 Å². The molecule has 2 aromatic rings. The van der Waals surface area contributed by atoms with Crippen molar-refractivity contribution >= 4 is 17.6 Å². The zero-order chi connectivity index (χ0) is 17.8. The summed E-state index contributed by atoms with van der Waals surface area (Å²) in [5, 5.41) is 0.623. The van der Waals surface area contributed by atoms with E-state index in [0.29, 0.717) is 29.5 Å². The lowest BCUT2D eigenvalue weighted by molar-refractivity contribution is -0.151. The summed E-state index contributed by atoms with van der Waals surface area (Å²) >= 11 is 6.01. The van der Waals surface area contributed by atoms with Crippen LogP contribution in [0.5, 0.6) is 17.2 Å². The maximum atomic E-state index is 12.4. The van der Waals surface area contributed by atoms with Crippen LogP contribution in [-0.2, 0) is 22.6 Å². The molecule has 0 amide bonds. The topological polar surface area (TPSA) is 54.0 Å². The number of fused-ring (bicyclic) bond motifs is 1. The summed E-state index contributed by atoms with van der Waals surface area (Å²) < 4.78 is 21.6. The molecule has 0 aliphatic carbocycles. The first-order valence-electron chi connectivity index (χ1n) is 7.89. The fourth-order valence-corrected chi connectivity index (χ4v) is 2.97. The Morgan fingerprint density at radius 2 is 2.04 bits per heavy atom. The molecule has 1 aliphatic heterocycles. The minimum atomic E-state index is -0.359. The maximum absolute atomic E-state index is 12.4. The quantitative estimate of drug-likeness (QED) is 0.760. The molecular weight excluding hydrogens is 344 g/mol. The van der Waals surface area contributed by atoms with Crippen LogP contribution < -0.4 is 14.2 Å². The highest BCUT2D eigenvalue weighted by Crippen LogP contribution is 2.31. The lowest BCUT2D eigenvalue weighted by Gasteiger charge is -2.24. The van der Waals surface area contributed by atoms with Crippen LogP contribution in [0.25, 0.3) is 0 Å². The number of benzene rings is 2. The molecule has 1 heterocycles. The third kappa shape index (κ3) is 3.99. The second kappa shape index (κ2) is 7.66. The van der Waals surface area contributed by atoms with Gasteiger partial charge in [-0.05, 0) is 48.4 Å². The van der Waals surface area contributed by atoms with Gasteiger partial charge in [-0.1, -0.05) is 11.6 Å². The number of hydrogen-bond donors (Lipinski definition) is 0. The van der Waals surface area contributed by atoms with E-state index in [0.717, 1.165) is 16.9 Å². The number of rotatable bonds is 5. The van der Waals surface area contributed by atoms with Gasteiger partial charge in [-0.25, -0.2) is 0 Å². The van der Waals surface area contributed by atoms with Gasteiger partial charge in [0.05, 0.1) is 20.1 Å². The van der Waals surface area contributed by atoms with E-state index in [-0.39, 0.29) is 18.5 Å². The Kier molecular flexibility index (Phi) is 5.34. The van der Waals surface area contributed by atoms with Gasteiger partial charge in [-0.3, -0.25) is 4.79 Å². The molecule has 25 heavy (non-hydrogen) atoms. The molecule has 0 saturated carbocycles. The third-order valence-electron chi connectivity index (χ3n) is 4.12. The first-order chi connectivity index (χ1) is 12.1. The van der Waals surface area contributed by atoms with Gasteiger partial charge in [0.25, 0.3) is 0 Å². The molecule has 2 aromatic carbocycles. The summed E-state index contributed by atoms with van der Waals surface area (Å²) in [5.41, 5.74) is 1.66. The molecule has 0 spiro atoms. The van der Waals surface area contributed by atoms with E-state index in [9.17, 15) is 4.79 Å². The average molecular weight is 363 g/mol. The highest BCUT2D eigenvalue weighted by atomic mass is 35.5. The Balaban J connectivity index is 1.65. The molecule has 1 aliphatic rings. The van der Waals surface area contributed by atoms with Crippen LogP contribution in [0.1, 0.15) is 11.1 Å². The SMILES string of the molecule is COc1ccc(OC)c(COC(=O)[C@H]2COc3ccc(Cl)cc3C2)c1. The van der Waals surface area contributed by atoms with E-state index in [4.69, 9.17) is 30.5 Å². The van der Waals surface area contributed by atoms with E-state index in [1.807, 2.05) is 12.1 Å². The zero-order valence-corrected chi connectivity index (χ0v) is 14.8. The molecule has 132 valence electrons. The van der Waals surface area contributed by atoms with E-state index < -0.39 is 0 Å². The first kappa shape index (κ1) is 17.4. The Labute approximate surface area is 151 Å². The van der Waals surface area contributed by atoms with Gasteiger partial charge in [-0.2, -0.15) is 0 Å². The monoisotopic (exact) mass is 362 g/mol. The predicted molar refractivity (Wildman–Crippen MR) is 93.5 cm³/mol. The minimum Gasteiger partial charge on any atom is -0.497 e. The van der Waals surface area contributed by atoms with Gasteiger partial charge in [0.15, 0.2) is 0 Å². The van der Waals surface area contributed by atoms with Crippen molar-refractivity contribution in [2.75, 3.05) is 20.8 Å². The van der Waals surface area contributed by atoms with E-state index in [2.05, 4.69) is 0 Å². The van der Waals surface area contributed by atoms with E-state index >= 15 is 0 Å². The predicted octanol–water partition coefficient (Wildman–Crippen LogP) is 3.65. The summed E-state index contributed by atoms with van der Waals surface area (Å²) in [5.74, 6) is 1.42. The molecular formula is C19H19ClO5. The average Bonchev–Trinajstić information content (AvgIpc) is 2.65. The molecule has 0 fully saturated rings. The van der Waals surface area contributed by atoms with Gasteiger partial charge in [0, 0.05) is 10.6 Å². The summed E-state index contributed by atoms with van der Waals surface area (Å²) in [6.45, 7) is 0.404. The highest BCUT2D eigenvalue weighted by molar-refractivity contribution is 6.30. The van der Waals surface area contributed by atoms with Gasteiger partial charge >= 0.3 is 5.97 Å². The van der Waals surface area contributed by atoms with Gasteiger partial charge in [0.2, 0.25) is 0 Å². The molecule has 0 unspecified atom stereocenters. The van der Waals surface area contributed by atoms with Crippen molar-refractivity contribution in [2.24, 2.45) is 5.92 Å². The Morgan fingerprint density at radius 1 is 1.20 bits per heavy atom. The molecule has 6 heteroatoms. The number of halogens is 1. The fourth-order valence-electron chi connectivity index (χ4n) is 2.78. The van der Waals surface area contributed by atoms with Crippen LogP contribution in [0, 0.1) is 5.92 Å². The molecule has 0 aromatic heterocycles. The van der Waals surface area contributed by atoms with Crippen LogP contribution in [0.15, 0.2) is 36.4 Å². The second-order valence-electron chi connectivity index (χ2n) is 5.75. The van der Waals surface area contributed by atoms with Gasteiger partial charge < -0.3 is 18.9 Å². The van der Waals surface area contributed by atoms with Crippen molar-refractivity contribution in [3.8, 4) is 17.2 Å². The lowest BCUT2D eigenvalue weighted by atomic mass is 9.97. The van der Waals surface area contributed by atoms with Crippen LogP contribution in [0.4, 0.5) is 0 Å². The lowest BCUT2D eigenvalue weighted by Crippen LogP contribution is -2.29. The van der Waals surface area contributed by atoms with Crippen LogP contribution in [0.3, 0.4) is 0 Å². The smallest absolute Gasteiger partial charge is 0.313 e. The maximum Gasteiger partial charge on any atom is 0.313 e. The molecule has 1 atom stereocenters. The number of methoxy groups -OCH3 is 2. The normalized spacial score (nSPS) is 15.7. The van der Waals surface area contributed by atoms with Crippen molar-refractivity contribution < 1.29 is 23.7 Å². The largest absolute Gasteiger partial charge is 0.497 e. The highest BCUT2D eigenvalue weighted by Gasteiger charge is 2.27. The second-order valence-corrected chi connectivity index (χ2v) is 6.19. The Hall–Kier alpha value is -2.40. The number of ether oxygens (including phenoxy) is 4. The molecule has 0 radical (unpaired) electrons. The molecule has 0 saturated heterocycles. The van der Waals surface area contributed by atoms with Crippen LogP contribution in [0.2, 0.25) is 5.02 Å². The fraction of sp³-hybridized carbons (Fsp3) is 0.316. The number of hydrogen-bond acceptors (Lipinski definition) is 5. The summed E-state index contributed by atoms with van der Waals surface area (Å²) in [7, 11) is 3.16. The summed E-state index contributed by atoms with van der Waals surface area (Å²) in [6.07, 6.45) is 0.546. The van der Waals surface area contributed by atoms with E-state index in [1.165, 1.54) is 0 Å². The molecule has 3 rings (SSSR count). The molecule has 0 N–H and O–H groups in total. The van der Waals surface area contributed by atoms with Gasteiger partial charge in [-0.15, -0.1) is 0 Å². The molecule has 5 nitrogen and oxygen atoms in total. The van der Waals surface area contributed by atoms with Crippen LogP contribution >= 0.6 is 11.6 Å². The standard InChI is InChI=1S/C19H19ClO5/c1-22-16-4-6-17(23-2)13(9-16)10-25-19(21)14-7-12-8-15(20)3-5-18(12)24-11-14/h3-6,8-9,14H,7,10-11H2,1-2H3/t14-/m1/s1. The summed E-state index contributed by atoms with van der Waals surface area (Å²) in [4.78, 5) is 12.4. The number of carbonyl (C=O) groups is 1. The Bertz CT molecular complexity index is 774. The number of carbonyl (C=O) groups excluding carboxylic acids is 1. The first-order valence-corrected chi connectivity index (χ1v) is 8.27. The van der Waals surface area contributed by atoms with Crippen molar-refractivity contribution in [3.05, 3.63) is 52.5 Å². The number of esters is 1.